The maximum Gasteiger partial charge on any atom is 0.407 e. The minimum Gasteiger partial charge on any atom is -0.444 e. The summed E-state index contributed by atoms with van der Waals surface area (Å²) in [6, 6.07) is 8.70. The number of amides is 1. The Morgan fingerprint density at radius 3 is 2.44 bits per heavy atom. The second kappa shape index (κ2) is 9.76. The number of rotatable bonds is 6. The van der Waals surface area contributed by atoms with Crippen molar-refractivity contribution in [1.29, 1.82) is 0 Å². The Balaban J connectivity index is 1.72. The molecule has 3 aromatic rings. The number of hydrogen-bond donors (Lipinski definition) is 2. The molecule has 2 heterocycles. The summed E-state index contributed by atoms with van der Waals surface area (Å²) in [5.74, 6) is 0. The molecule has 0 atom stereocenters. The Morgan fingerprint density at radius 2 is 1.83 bits per heavy atom. The van der Waals surface area contributed by atoms with Gasteiger partial charge in [-0.25, -0.2) is 18.2 Å². The van der Waals surface area contributed by atoms with Crippen LogP contribution in [0.2, 0.25) is 0 Å². The van der Waals surface area contributed by atoms with E-state index in [1.54, 1.807) is 51.2 Å². The van der Waals surface area contributed by atoms with Crippen LogP contribution in [0.25, 0.3) is 11.0 Å². The molecule has 1 saturated carbocycles. The molecule has 11 nitrogen and oxygen atoms in total. The fourth-order valence-corrected chi connectivity index (χ4v) is 6.25. The monoisotopic (exact) mass is 515 g/mol. The summed E-state index contributed by atoms with van der Waals surface area (Å²) in [7, 11) is -4.17. The van der Waals surface area contributed by atoms with Crippen molar-refractivity contribution in [3.8, 4) is 0 Å². The Bertz CT molecular complexity index is 1360. The van der Waals surface area contributed by atoms with Crippen molar-refractivity contribution < 1.29 is 22.9 Å². The number of nitrogens with zero attached hydrogens (tertiary/aromatic N) is 3. The van der Waals surface area contributed by atoms with Gasteiger partial charge in [-0.1, -0.05) is 18.2 Å². The molecule has 1 amide bonds. The molecule has 2 aromatic heterocycles. The zero-order chi connectivity index (χ0) is 26.1. The van der Waals surface area contributed by atoms with Crippen molar-refractivity contribution >= 4 is 38.5 Å². The molecule has 12 heteroatoms. The molecular formula is C24H29N5O6S. The van der Waals surface area contributed by atoms with Crippen molar-refractivity contribution in [2.45, 2.75) is 69.0 Å². The van der Waals surface area contributed by atoms with Gasteiger partial charge in [0.2, 0.25) is 0 Å². The first kappa shape index (κ1) is 25.4. The Kier molecular flexibility index (Phi) is 6.90. The van der Waals surface area contributed by atoms with Crippen molar-refractivity contribution in [2.24, 2.45) is 0 Å². The molecule has 2 N–H and O–H groups in total. The lowest BCUT2D eigenvalue weighted by atomic mass is 9.91. The Labute approximate surface area is 209 Å². The number of benzene rings is 1. The summed E-state index contributed by atoms with van der Waals surface area (Å²) in [6.07, 6.45) is 3.87. The van der Waals surface area contributed by atoms with E-state index >= 15 is 0 Å². The summed E-state index contributed by atoms with van der Waals surface area (Å²) >= 11 is 0. The zero-order valence-electron chi connectivity index (χ0n) is 20.3. The number of H-pyrrole nitrogens is 1. The number of aromatic nitrogens is 2. The fourth-order valence-electron chi connectivity index (χ4n) is 4.48. The number of fused-ring (bicyclic) bond motifs is 1. The van der Waals surface area contributed by atoms with E-state index in [1.807, 2.05) is 0 Å². The van der Waals surface area contributed by atoms with Gasteiger partial charge < -0.3 is 15.0 Å². The van der Waals surface area contributed by atoms with Crippen LogP contribution >= 0.6 is 0 Å². The first-order valence-electron chi connectivity index (χ1n) is 11.7. The van der Waals surface area contributed by atoms with Crippen LogP contribution in [0.15, 0.2) is 53.7 Å². The number of sulfonamides is 1. The number of aromatic amines is 1. The number of ether oxygens (including phenoxy) is 1. The zero-order valence-corrected chi connectivity index (χ0v) is 21.1. The number of alkyl carbamates (subject to hydrolysis) is 1. The average Bonchev–Trinajstić information content (AvgIpc) is 3.29. The third kappa shape index (κ3) is 5.27. The topological polar surface area (TPSA) is 148 Å². The lowest BCUT2D eigenvalue weighted by molar-refractivity contribution is -0.384. The summed E-state index contributed by atoms with van der Waals surface area (Å²) < 4.78 is 34.5. The number of hydrogen-bond acceptors (Lipinski definition) is 7. The van der Waals surface area contributed by atoms with Gasteiger partial charge in [0.1, 0.15) is 23.1 Å². The molecule has 0 bridgehead atoms. The smallest absolute Gasteiger partial charge is 0.407 e. The van der Waals surface area contributed by atoms with Crippen molar-refractivity contribution in [3.05, 3.63) is 58.9 Å². The maximum atomic E-state index is 14.0. The van der Waals surface area contributed by atoms with Gasteiger partial charge in [-0.15, -0.1) is 0 Å². The third-order valence-corrected chi connectivity index (χ3v) is 7.87. The summed E-state index contributed by atoms with van der Waals surface area (Å²) in [5.41, 5.74) is -0.692. The molecule has 1 aliphatic rings. The van der Waals surface area contributed by atoms with Crippen LogP contribution in [0.5, 0.6) is 0 Å². The number of anilines is 1. The molecule has 1 aliphatic carbocycles. The summed E-state index contributed by atoms with van der Waals surface area (Å²) in [6.45, 7) is 5.33. The van der Waals surface area contributed by atoms with Gasteiger partial charge in [-0.3, -0.25) is 14.4 Å². The van der Waals surface area contributed by atoms with Crippen molar-refractivity contribution in [3.63, 3.8) is 0 Å². The van der Waals surface area contributed by atoms with Crippen molar-refractivity contribution in [2.75, 3.05) is 4.31 Å². The highest BCUT2D eigenvalue weighted by atomic mass is 32.2. The Morgan fingerprint density at radius 1 is 1.17 bits per heavy atom. The van der Waals surface area contributed by atoms with Crippen LogP contribution in [-0.2, 0) is 14.8 Å². The van der Waals surface area contributed by atoms with E-state index in [0.717, 1.165) is 6.20 Å². The quantitative estimate of drug-likeness (QED) is 0.363. The lowest BCUT2D eigenvalue weighted by Gasteiger charge is -2.37. The molecule has 192 valence electrons. The van der Waals surface area contributed by atoms with Gasteiger partial charge in [0.15, 0.2) is 0 Å². The highest BCUT2D eigenvalue weighted by Crippen LogP contribution is 2.41. The third-order valence-electron chi connectivity index (χ3n) is 6.01. The first-order chi connectivity index (χ1) is 17.0. The predicted molar refractivity (Wildman–Crippen MR) is 134 cm³/mol. The number of carbonyl (C=O) groups is 1. The number of nitro groups is 1. The number of carbonyl (C=O) groups excluding carboxylic acids is 1. The van der Waals surface area contributed by atoms with Gasteiger partial charge in [0, 0.05) is 18.3 Å². The lowest BCUT2D eigenvalue weighted by Crippen LogP contribution is -2.47. The Hall–Kier alpha value is -3.67. The van der Waals surface area contributed by atoms with E-state index in [2.05, 4.69) is 15.3 Å². The minimum atomic E-state index is -4.17. The molecule has 4 rings (SSSR count). The highest BCUT2D eigenvalue weighted by molar-refractivity contribution is 7.93. The number of nitrogens with one attached hydrogen (secondary N) is 2. The van der Waals surface area contributed by atoms with E-state index in [-0.39, 0.29) is 16.6 Å². The van der Waals surface area contributed by atoms with E-state index < -0.39 is 38.4 Å². The van der Waals surface area contributed by atoms with Crippen LogP contribution in [0.4, 0.5) is 16.2 Å². The fraction of sp³-hybridized carbons (Fsp3) is 0.417. The van der Waals surface area contributed by atoms with Crippen LogP contribution in [0.1, 0.15) is 46.5 Å². The van der Waals surface area contributed by atoms with E-state index in [4.69, 9.17) is 4.74 Å². The minimum absolute atomic E-state index is 0.0151. The standard InChI is InChI=1S/C24H29N5O6S/c1-24(2,3)35-23(30)27-16-9-11-17(12-10-16)28(36(33,34)18-7-5-4-6-8-18)21-19-13-14-25-22(19)26-15-20(21)29(31)32/h4-8,13-17H,9-12H2,1-3H3,(H,25,26)(H,27,30). The normalized spacial score (nSPS) is 18.5. The average molecular weight is 516 g/mol. The largest absolute Gasteiger partial charge is 0.444 e. The van der Waals surface area contributed by atoms with Gasteiger partial charge in [-0.05, 0) is 64.7 Å². The van der Waals surface area contributed by atoms with E-state index in [0.29, 0.717) is 36.7 Å². The first-order valence-corrected chi connectivity index (χ1v) is 13.1. The molecular weight excluding hydrogens is 486 g/mol. The molecule has 36 heavy (non-hydrogen) atoms. The van der Waals surface area contributed by atoms with Gasteiger partial charge in [0.25, 0.3) is 10.0 Å². The number of pyridine rings is 1. The van der Waals surface area contributed by atoms with Crippen LogP contribution in [0.3, 0.4) is 0 Å². The highest BCUT2D eigenvalue weighted by Gasteiger charge is 2.40. The summed E-state index contributed by atoms with van der Waals surface area (Å²) in [5, 5.41) is 15.2. The van der Waals surface area contributed by atoms with E-state index in [1.165, 1.54) is 16.4 Å². The molecule has 0 saturated heterocycles. The van der Waals surface area contributed by atoms with Gasteiger partial charge >= 0.3 is 11.8 Å². The molecule has 0 unspecified atom stereocenters. The van der Waals surface area contributed by atoms with Crippen LogP contribution in [-0.4, -0.2) is 47.1 Å². The SMILES string of the molecule is CC(C)(C)OC(=O)NC1CCC(N(c2c([N+](=O)[O-])cnc3[nH]ccc23)S(=O)(=O)c2ccccc2)CC1. The molecule has 1 aromatic carbocycles. The van der Waals surface area contributed by atoms with Gasteiger partial charge in [0.05, 0.1) is 15.2 Å². The van der Waals surface area contributed by atoms with Crippen LogP contribution in [0, 0.1) is 10.1 Å². The maximum absolute atomic E-state index is 14.0. The second-order valence-electron chi connectivity index (χ2n) is 9.75. The molecule has 0 spiro atoms. The molecule has 0 radical (unpaired) electrons. The molecule has 0 aliphatic heterocycles. The van der Waals surface area contributed by atoms with Gasteiger partial charge in [-0.2, -0.15) is 0 Å². The van der Waals surface area contributed by atoms with Crippen molar-refractivity contribution in [1.82, 2.24) is 15.3 Å². The molecule has 1 fully saturated rings. The van der Waals surface area contributed by atoms with Crippen LogP contribution < -0.4 is 9.62 Å². The second-order valence-corrected chi connectivity index (χ2v) is 11.6. The predicted octanol–water partition coefficient (Wildman–Crippen LogP) is 4.50. The summed E-state index contributed by atoms with van der Waals surface area (Å²) in [4.78, 5) is 30.6. The van der Waals surface area contributed by atoms with E-state index in [9.17, 15) is 23.3 Å².